The van der Waals surface area contributed by atoms with Gasteiger partial charge >= 0.3 is 6.03 Å². The number of urea groups is 1. The summed E-state index contributed by atoms with van der Waals surface area (Å²) < 4.78 is 0. The fourth-order valence-corrected chi connectivity index (χ4v) is 3.01. The molecule has 0 aliphatic carbocycles. The first-order chi connectivity index (χ1) is 11.1. The highest BCUT2D eigenvalue weighted by atomic mass is 35.5. The molecule has 0 radical (unpaired) electrons. The van der Waals surface area contributed by atoms with E-state index in [0.29, 0.717) is 5.02 Å². The van der Waals surface area contributed by atoms with Crippen molar-refractivity contribution in [2.75, 3.05) is 28.6 Å². The molecule has 2 amide bonds. The van der Waals surface area contributed by atoms with Crippen molar-refractivity contribution >= 4 is 34.7 Å². The predicted octanol–water partition coefficient (Wildman–Crippen LogP) is 4.89. The summed E-state index contributed by atoms with van der Waals surface area (Å²) in [6, 6.07) is 13.1. The van der Waals surface area contributed by atoms with Gasteiger partial charge in [-0.05, 0) is 67.8 Å². The summed E-state index contributed by atoms with van der Waals surface area (Å²) in [6.45, 7) is 4.14. The number of hydrogen-bond acceptors (Lipinski definition) is 2. The Balaban J connectivity index is 1.61. The maximum absolute atomic E-state index is 12.1. The Morgan fingerprint density at radius 3 is 2.39 bits per heavy atom. The smallest absolute Gasteiger partial charge is 0.323 e. The van der Waals surface area contributed by atoms with Gasteiger partial charge in [0.05, 0.1) is 0 Å². The van der Waals surface area contributed by atoms with Crippen LogP contribution < -0.4 is 15.5 Å². The Morgan fingerprint density at radius 1 is 1.04 bits per heavy atom. The Hall–Kier alpha value is -2.20. The molecule has 2 aromatic rings. The maximum Gasteiger partial charge on any atom is 0.323 e. The number of nitrogens with one attached hydrogen (secondary N) is 2. The van der Waals surface area contributed by atoms with E-state index in [0.717, 1.165) is 30.0 Å². The Kier molecular flexibility index (Phi) is 4.72. The zero-order valence-corrected chi connectivity index (χ0v) is 13.9. The molecule has 4 nitrogen and oxygen atoms in total. The second-order valence-electron chi connectivity index (χ2n) is 5.78. The zero-order valence-electron chi connectivity index (χ0n) is 13.1. The van der Waals surface area contributed by atoms with E-state index >= 15 is 0 Å². The maximum atomic E-state index is 12.1. The third-order valence-corrected chi connectivity index (χ3v) is 4.27. The molecule has 5 heteroatoms. The van der Waals surface area contributed by atoms with E-state index in [4.69, 9.17) is 11.6 Å². The third-order valence-electron chi connectivity index (χ3n) is 4.03. The van der Waals surface area contributed by atoms with Crippen LogP contribution >= 0.6 is 11.6 Å². The molecule has 1 aliphatic heterocycles. The minimum atomic E-state index is -0.260. The molecule has 0 saturated carbocycles. The molecule has 0 unspecified atom stereocenters. The molecule has 0 spiro atoms. The largest absolute Gasteiger partial charge is 0.372 e. The number of hydrogen-bond donors (Lipinski definition) is 2. The molecule has 2 N–H and O–H groups in total. The van der Waals surface area contributed by atoms with Gasteiger partial charge in [0.1, 0.15) is 0 Å². The summed E-state index contributed by atoms with van der Waals surface area (Å²) in [5.41, 5.74) is 3.66. The summed E-state index contributed by atoms with van der Waals surface area (Å²) >= 11 is 5.92. The fraction of sp³-hybridized carbons (Fsp3) is 0.278. The molecule has 3 rings (SSSR count). The highest BCUT2D eigenvalue weighted by molar-refractivity contribution is 6.30. The van der Waals surface area contributed by atoms with Crippen molar-refractivity contribution < 1.29 is 4.79 Å². The van der Waals surface area contributed by atoms with Gasteiger partial charge in [-0.25, -0.2) is 4.79 Å². The Morgan fingerprint density at radius 2 is 1.74 bits per heavy atom. The van der Waals surface area contributed by atoms with Gasteiger partial charge in [-0.1, -0.05) is 11.6 Å². The molecule has 0 aromatic heterocycles. The summed E-state index contributed by atoms with van der Waals surface area (Å²) in [4.78, 5) is 14.5. The number of benzene rings is 2. The van der Waals surface area contributed by atoms with Crippen LogP contribution in [0.3, 0.4) is 0 Å². The van der Waals surface area contributed by atoms with Crippen LogP contribution in [0.1, 0.15) is 18.4 Å². The van der Waals surface area contributed by atoms with Gasteiger partial charge in [0.2, 0.25) is 0 Å². The van der Waals surface area contributed by atoms with Crippen molar-refractivity contribution in [1.82, 2.24) is 0 Å². The van der Waals surface area contributed by atoms with Gasteiger partial charge in [-0.3, -0.25) is 0 Å². The summed E-state index contributed by atoms with van der Waals surface area (Å²) in [5, 5.41) is 6.34. The summed E-state index contributed by atoms with van der Waals surface area (Å²) in [5.74, 6) is 0. The van der Waals surface area contributed by atoms with E-state index in [1.165, 1.54) is 18.5 Å². The Labute approximate surface area is 141 Å². The van der Waals surface area contributed by atoms with Crippen LogP contribution in [0.4, 0.5) is 21.9 Å². The summed E-state index contributed by atoms with van der Waals surface area (Å²) in [7, 11) is 0. The number of amides is 2. The van der Waals surface area contributed by atoms with E-state index in [9.17, 15) is 4.79 Å². The average molecular weight is 330 g/mol. The first-order valence-corrected chi connectivity index (χ1v) is 8.19. The lowest BCUT2D eigenvalue weighted by Crippen LogP contribution is -2.20. The molecule has 1 saturated heterocycles. The van der Waals surface area contributed by atoms with E-state index in [2.05, 4.69) is 27.7 Å². The van der Waals surface area contributed by atoms with Gasteiger partial charge in [0.15, 0.2) is 0 Å². The molecular formula is C18H20ClN3O. The van der Waals surface area contributed by atoms with Gasteiger partial charge in [0.25, 0.3) is 0 Å². The predicted molar refractivity (Wildman–Crippen MR) is 96.7 cm³/mol. The molecule has 120 valence electrons. The topological polar surface area (TPSA) is 44.4 Å². The van der Waals surface area contributed by atoms with E-state index in [-0.39, 0.29) is 6.03 Å². The van der Waals surface area contributed by atoms with Gasteiger partial charge < -0.3 is 15.5 Å². The van der Waals surface area contributed by atoms with Crippen molar-refractivity contribution in [2.24, 2.45) is 0 Å². The second kappa shape index (κ2) is 6.92. The lowest BCUT2D eigenvalue weighted by Gasteiger charge is -2.18. The van der Waals surface area contributed by atoms with E-state index in [1.54, 1.807) is 12.1 Å². The normalized spacial score (nSPS) is 13.9. The molecule has 0 bridgehead atoms. The van der Waals surface area contributed by atoms with Crippen LogP contribution in [0.2, 0.25) is 5.02 Å². The Bertz CT molecular complexity index is 694. The van der Waals surface area contributed by atoms with Crippen LogP contribution in [0.5, 0.6) is 0 Å². The van der Waals surface area contributed by atoms with Crippen LogP contribution in [-0.2, 0) is 0 Å². The number of aryl methyl sites for hydroxylation is 1. The molecule has 2 aromatic carbocycles. The number of nitrogens with zero attached hydrogens (tertiary/aromatic N) is 1. The average Bonchev–Trinajstić information content (AvgIpc) is 3.05. The quantitative estimate of drug-likeness (QED) is 0.841. The molecule has 0 atom stereocenters. The van der Waals surface area contributed by atoms with E-state index in [1.807, 2.05) is 25.1 Å². The minimum Gasteiger partial charge on any atom is -0.372 e. The van der Waals surface area contributed by atoms with Crippen molar-refractivity contribution in [3.63, 3.8) is 0 Å². The minimum absolute atomic E-state index is 0.260. The molecule has 1 aliphatic rings. The van der Waals surface area contributed by atoms with Gasteiger partial charge in [-0.2, -0.15) is 0 Å². The fourth-order valence-electron chi connectivity index (χ4n) is 2.78. The molecular weight excluding hydrogens is 310 g/mol. The lowest BCUT2D eigenvalue weighted by molar-refractivity contribution is 0.262. The van der Waals surface area contributed by atoms with Crippen LogP contribution in [0.25, 0.3) is 0 Å². The van der Waals surface area contributed by atoms with Gasteiger partial charge in [-0.15, -0.1) is 0 Å². The monoisotopic (exact) mass is 329 g/mol. The van der Waals surface area contributed by atoms with Gasteiger partial charge in [0, 0.05) is 35.2 Å². The van der Waals surface area contributed by atoms with Crippen LogP contribution in [-0.4, -0.2) is 19.1 Å². The molecule has 23 heavy (non-hydrogen) atoms. The lowest BCUT2D eigenvalue weighted by atomic mass is 10.2. The number of rotatable bonds is 3. The number of anilines is 3. The number of carbonyl (C=O) groups is 1. The van der Waals surface area contributed by atoms with E-state index < -0.39 is 0 Å². The first-order valence-electron chi connectivity index (χ1n) is 7.81. The SMILES string of the molecule is Cc1cc(Cl)ccc1NC(=O)Nc1ccc(N2CCCC2)cc1. The van der Waals surface area contributed by atoms with Crippen molar-refractivity contribution in [3.8, 4) is 0 Å². The summed E-state index contributed by atoms with van der Waals surface area (Å²) in [6.07, 6.45) is 2.51. The standard InChI is InChI=1S/C18H20ClN3O/c1-13-12-14(19)4-9-17(13)21-18(23)20-15-5-7-16(8-6-15)22-10-2-3-11-22/h4-9,12H,2-3,10-11H2,1H3,(H2,20,21,23). The molecule has 1 fully saturated rings. The number of carbonyl (C=O) groups excluding carboxylic acids is 1. The molecule has 1 heterocycles. The third kappa shape index (κ3) is 3.96. The van der Waals surface area contributed by atoms with Crippen LogP contribution in [0, 0.1) is 6.92 Å². The van der Waals surface area contributed by atoms with Crippen molar-refractivity contribution in [2.45, 2.75) is 19.8 Å². The number of halogens is 1. The first kappa shape index (κ1) is 15.7. The zero-order chi connectivity index (χ0) is 16.2. The second-order valence-corrected chi connectivity index (χ2v) is 6.22. The highest BCUT2D eigenvalue weighted by Gasteiger charge is 2.12. The highest BCUT2D eigenvalue weighted by Crippen LogP contribution is 2.23. The van der Waals surface area contributed by atoms with Crippen molar-refractivity contribution in [1.29, 1.82) is 0 Å². The van der Waals surface area contributed by atoms with Crippen LogP contribution in [0.15, 0.2) is 42.5 Å². The van der Waals surface area contributed by atoms with Crippen molar-refractivity contribution in [3.05, 3.63) is 53.1 Å².